The molecule has 0 aliphatic carbocycles. The molecule has 2 N–H and O–H groups in total. The number of likely N-dealkylation sites (N-methyl/N-ethyl adjacent to an activating group) is 1. The summed E-state index contributed by atoms with van der Waals surface area (Å²) in [7, 11) is 2.03. The lowest BCUT2D eigenvalue weighted by Crippen LogP contribution is -2.42. The molecule has 104 valence electrons. The van der Waals surface area contributed by atoms with Crippen LogP contribution in [-0.4, -0.2) is 50.3 Å². The number of rotatable bonds is 3. The fourth-order valence-electron chi connectivity index (χ4n) is 2.15. The molecule has 1 atom stereocenters. The van der Waals surface area contributed by atoms with Crippen LogP contribution in [0.3, 0.4) is 0 Å². The van der Waals surface area contributed by atoms with Crippen LogP contribution in [0.4, 0.5) is 5.69 Å². The van der Waals surface area contributed by atoms with Crippen LogP contribution in [0.5, 0.6) is 0 Å². The van der Waals surface area contributed by atoms with E-state index in [1.54, 1.807) is 12.1 Å². The molecule has 1 aromatic rings. The van der Waals surface area contributed by atoms with Crippen molar-refractivity contribution in [2.24, 2.45) is 0 Å². The minimum atomic E-state index is -0.354. The number of carbonyl (C=O) groups excluding carboxylic acids is 1. The molecule has 1 fully saturated rings. The summed E-state index contributed by atoms with van der Waals surface area (Å²) >= 11 is 0. The predicted octanol–water partition coefficient (Wildman–Crippen LogP) is 1.06. The predicted molar refractivity (Wildman–Crippen MR) is 73.1 cm³/mol. The van der Waals surface area contributed by atoms with E-state index in [9.17, 15) is 4.79 Å². The average Bonchev–Trinajstić information content (AvgIpc) is 2.35. The highest BCUT2D eigenvalue weighted by molar-refractivity contribution is 5.90. The average molecular weight is 264 g/mol. The summed E-state index contributed by atoms with van der Waals surface area (Å²) in [5.41, 5.74) is 7.72. The second-order valence-corrected chi connectivity index (χ2v) is 4.99. The first kappa shape index (κ1) is 13.8. The Hall–Kier alpha value is -1.59. The van der Waals surface area contributed by atoms with Crippen molar-refractivity contribution in [2.75, 3.05) is 39.1 Å². The van der Waals surface area contributed by atoms with Crippen molar-refractivity contribution >= 4 is 11.7 Å². The van der Waals surface area contributed by atoms with Gasteiger partial charge in [-0.2, -0.15) is 0 Å². The van der Waals surface area contributed by atoms with Gasteiger partial charge in [-0.3, -0.25) is 0 Å². The van der Waals surface area contributed by atoms with E-state index in [0.29, 0.717) is 17.9 Å². The molecule has 1 aliphatic heterocycles. The number of anilines is 1. The maximum Gasteiger partial charge on any atom is 0.338 e. The van der Waals surface area contributed by atoms with E-state index in [-0.39, 0.29) is 18.7 Å². The fraction of sp³-hybridized carbons (Fsp3) is 0.500. The number of hydrogen-bond acceptors (Lipinski definition) is 5. The number of nitrogens with zero attached hydrogens (tertiary/aromatic N) is 1. The topological polar surface area (TPSA) is 64.8 Å². The molecule has 2 rings (SSSR count). The molecule has 1 saturated heterocycles. The number of esters is 1. The first-order valence-electron chi connectivity index (χ1n) is 6.39. The molecule has 1 unspecified atom stereocenters. The summed E-state index contributed by atoms with van der Waals surface area (Å²) in [6.07, 6.45) is -0.0511. The maximum absolute atomic E-state index is 11.9. The molecule has 5 heteroatoms. The highest BCUT2D eigenvalue weighted by atomic mass is 16.6. The third kappa shape index (κ3) is 3.94. The highest BCUT2D eigenvalue weighted by Crippen LogP contribution is 2.13. The number of ether oxygens (including phenoxy) is 2. The van der Waals surface area contributed by atoms with Gasteiger partial charge < -0.3 is 20.1 Å². The third-order valence-electron chi connectivity index (χ3n) is 3.08. The van der Waals surface area contributed by atoms with Gasteiger partial charge >= 0.3 is 5.97 Å². The lowest BCUT2D eigenvalue weighted by atomic mass is 10.1. The fourth-order valence-corrected chi connectivity index (χ4v) is 2.15. The summed E-state index contributed by atoms with van der Waals surface area (Å²) in [6.45, 7) is 4.54. The third-order valence-corrected chi connectivity index (χ3v) is 3.08. The van der Waals surface area contributed by atoms with Gasteiger partial charge in [0.25, 0.3) is 0 Å². The minimum Gasteiger partial charge on any atom is -0.459 e. The number of hydrogen-bond donors (Lipinski definition) is 1. The zero-order chi connectivity index (χ0) is 13.8. The van der Waals surface area contributed by atoms with Crippen molar-refractivity contribution in [1.29, 1.82) is 0 Å². The number of benzene rings is 1. The van der Waals surface area contributed by atoms with E-state index >= 15 is 0 Å². The first-order chi connectivity index (χ1) is 9.04. The number of morpholine rings is 1. The van der Waals surface area contributed by atoms with Gasteiger partial charge in [0.1, 0.15) is 12.7 Å². The quantitative estimate of drug-likeness (QED) is 0.653. The van der Waals surface area contributed by atoms with Gasteiger partial charge in [0.05, 0.1) is 12.2 Å². The van der Waals surface area contributed by atoms with E-state index < -0.39 is 0 Å². The number of carbonyl (C=O) groups is 1. The maximum atomic E-state index is 11.9. The Balaban J connectivity index is 1.90. The molecule has 0 amide bonds. The summed E-state index contributed by atoms with van der Waals surface area (Å²) in [5.74, 6) is -0.354. The molecule has 0 spiro atoms. The number of aryl methyl sites for hydroxylation is 1. The Kier molecular flexibility index (Phi) is 4.39. The van der Waals surface area contributed by atoms with Gasteiger partial charge in [-0.05, 0) is 37.7 Å². The lowest BCUT2D eigenvalue weighted by molar-refractivity contribution is -0.0528. The van der Waals surface area contributed by atoms with Crippen LogP contribution in [0, 0.1) is 6.92 Å². The van der Waals surface area contributed by atoms with Gasteiger partial charge in [-0.1, -0.05) is 0 Å². The summed E-state index contributed by atoms with van der Waals surface area (Å²) in [4.78, 5) is 14.1. The molecular formula is C14H20N2O3. The van der Waals surface area contributed by atoms with E-state index in [4.69, 9.17) is 15.2 Å². The SMILES string of the molecule is Cc1cc(N)cc(C(=O)OCC2CN(C)CCO2)c1. The molecule has 1 heterocycles. The van der Waals surface area contributed by atoms with Crippen LogP contribution in [-0.2, 0) is 9.47 Å². The molecule has 1 aromatic carbocycles. The summed E-state index contributed by atoms with van der Waals surface area (Å²) in [5, 5.41) is 0. The second kappa shape index (κ2) is 6.04. The van der Waals surface area contributed by atoms with Crippen LogP contribution in [0.1, 0.15) is 15.9 Å². The van der Waals surface area contributed by atoms with Crippen molar-refractivity contribution in [1.82, 2.24) is 4.90 Å². The summed E-state index contributed by atoms with van der Waals surface area (Å²) in [6, 6.07) is 5.21. The molecule has 19 heavy (non-hydrogen) atoms. The molecule has 0 saturated carbocycles. The molecule has 1 aliphatic rings. The van der Waals surface area contributed by atoms with Crippen LogP contribution in [0.2, 0.25) is 0 Å². The molecule has 5 nitrogen and oxygen atoms in total. The molecule has 0 radical (unpaired) electrons. The van der Waals surface area contributed by atoms with Crippen molar-refractivity contribution in [3.8, 4) is 0 Å². The standard InChI is InChI=1S/C14H20N2O3/c1-10-5-11(7-12(15)6-10)14(17)19-9-13-8-16(2)3-4-18-13/h5-7,13H,3-4,8-9,15H2,1-2H3. The van der Waals surface area contributed by atoms with E-state index in [0.717, 1.165) is 18.7 Å². The Morgan fingerprint density at radius 2 is 2.32 bits per heavy atom. The number of nitrogens with two attached hydrogens (primary N) is 1. The first-order valence-corrected chi connectivity index (χ1v) is 6.39. The van der Waals surface area contributed by atoms with Crippen LogP contribution in [0.15, 0.2) is 18.2 Å². The largest absolute Gasteiger partial charge is 0.459 e. The molecule has 0 aromatic heterocycles. The zero-order valence-electron chi connectivity index (χ0n) is 11.4. The van der Waals surface area contributed by atoms with Crippen LogP contribution in [0.25, 0.3) is 0 Å². The van der Waals surface area contributed by atoms with Crippen molar-refractivity contribution in [2.45, 2.75) is 13.0 Å². The Morgan fingerprint density at radius 1 is 1.53 bits per heavy atom. The Bertz CT molecular complexity index is 442. The van der Waals surface area contributed by atoms with Gasteiger partial charge in [0, 0.05) is 18.8 Å². The lowest BCUT2D eigenvalue weighted by Gasteiger charge is -2.29. The van der Waals surface area contributed by atoms with E-state index in [1.165, 1.54) is 0 Å². The van der Waals surface area contributed by atoms with E-state index in [1.807, 2.05) is 20.0 Å². The zero-order valence-corrected chi connectivity index (χ0v) is 11.4. The van der Waals surface area contributed by atoms with E-state index in [2.05, 4.69) is 4.90 Å². The monoisotopic (exact) mass is 264 g/mol. The Labute approximate surface area is 113 Å². The van der Waals surface area contributed by atoms with Crippen molar-refractivity contribution in [3.05, 3.63) is 29.3 Å². The van der Waals surface area contributed by atoms with Gasteiger partial charge in [-0.15, -0.1) is 0 Å². The molecular weight excluding hydrogens is 244 g/mol. The highest BCUT2D eigenvalue weighted by Gasteiger charge is 2.19. The van der Waals surface area contributed by atoms with Gasteiger partial charge in [0.15, 0.2) is 0 Å². The minimum absolute atomic E-state index is 0.0511. The van der Waals surface area contributed by atoms with Crippen LogP contribution < -0.4 is 5.73 Å². The van der Waals surface area contributed by atoms with Gasteiger partial charge in [0.2, 0.25) is 0 Å². The molecule has 0 bridgehead atoms. The normalized spacial score (nSPS) is 20.2. The van der Waals surface area contributed by atoms with Gasteiger partial charge in [-0.25, -0.2) is 4.79 Å². The smallest absolute Gasteiger partial charge is 0.338 e. The van der Waals surface area contributed by atoms with Crippen LogP contribution >= 0.6 is 0 Å². The van der Waals surface area contributed by atoms with Crippen molar-refractivity contribution < 1.29 is 14.3 Å². The Morgan fingerprint density at radius 3 is 3.00 bits per heavy atom. The second-order valence-electron chi connectivity index (χ2n) is 4.99. The van der Waals surface area contributed by atoms with Crippen molar-refractivity contribution in [3.63, 3.8) is 0 Å². The number of nitrogen functional groups attached to an aromatic ring is 1. The summed E-state index contributed by atoms with van der Waals surface area (Å²) < 4.78 is 10.8.